The van der Waals surface area contributed by atoms with Gasteiger partial charge in [-0.05, 0) is 18.9 Å². The van der Waals surface area contributed by atoms with E-state index in [2.05, 4.69) is 53.4 Å². The minimum Gasteiger partial charge on any atom is -0.396 e. The van der Waals surface area contributed by atoms with Crippen LogP contribution in [0.25, 0.3) is 0 Å². The number of hydrogen-bond donors (Lipinski definition) is 1. The molecule has 2 aromatic rings. The fraction of sp³-hybridized carbons (Fsp3) is 0.267. The molecule has 0 aliphatic heterocycles. The summed E-state index contributed by atoms with van der Waals surface area (Å²) in [6, 6.07) is 14.6. The Hall–Kier alpha value is -1.67. The monoisotopic (exact) mass is 228 g/mol. The van der Waals surface area contributed by atoms with Crippen LogP contribution in [0.15, 0.2) is 54.9 Å². The summed E-state index contributed by atoms with van der Waals surface area (Å²) in [5.74, 6) is 0. The van der Waals surface area contributed by atoms with Crippen molar-refractivity contribution in [1.29, 1.82) is 0 Å². The largest absolute Gasteiger partial charge is 0.396 e. The lowest BCUT2D eigenvalue weighted by atomic mass is 10.1. The van der Waals surface area contributed by atoms with Gasteiger partial charge in [-0.15, -0.1) is 0 Å². The maximum absolute atomic E-state index is 8.83. The number of aliphatic hydroxyl groups is 1. The van der Waals surface area contributed by atoms with E-state index in [-0.39, 0.29) is 6.61 Å². The van der Waals surface area contributed by atoms with E-state index in [9.17, 15) is 0 Å². The molecule has 0 fully saturated rings. The molecule has 0 atom stereocenters. The van der Waals surface area contributed by atoms with Crippen molar-refractivity contribution >= 4 is 0 Å². The zero-order chi connectivity index (χ0) is 11.9. The van der Waals surface area contributed by atoms with Crippen LogP contribution in [0, 0.1) is 0 Å². The van der Waals surface area contributed by atoms with Gasteiger partial charge in [-0.2, -0.15) is 0 Å². The lowest BCUT2D eigenvalue weighted by Crippen LogP contribution is -2.33. The quantitative estimate of drug-likeness (QED) is 0.777. The summed E-state index contributed by atoms with van der Waals surface area (Å²) in [5, 5.41) is 8.83. The first-order valence-corrected chi connectivity index (χ1v) is 6.01. The Kier molecular flexibility index (Phi) is 4.28. The number of hydrogen-bond acceptors (Lipinski definition) is 1. The van der Waals surface area contributed by atoms with Crippen LogP contribution >= 0.6 is 0 Å². The summed E-state index contributed by atoms with van der Waals surface area (Å²) in [5.41, 5.74) is 2.58. The van der Waals surface area contributed by atoms with E-state index in [1.165, 1.54) is 11.1 Å². The summed E-state index contributed by atoms with van der Waals surface area (Å²) in [7, 11) is 0. The molecule has 0 bridgehead atoms. The molecule has 0 unspecified atom stereocenters. The second-order valence-corrected chi connectivity index (χ2v) is 4.20. The van der Waals surface area contributed by atoms with Gasteiger partial charge < -0.3 is 5.11 Å². The second kappa shape index (κ2) is 6.16. The molecule has 17 heavy (non-hydrogen) atoms. The zero-order valence-corrected chi connectivity index (χ0v) is 9.92. The number of aliphatic hydroxyl groups excluding tert-OH is 1. The summed E-state index contributed by atoms with van der Waals surface area (Å²) in [6.45, 7) is 1.15. The first-order valence-electron chi connectivity index (χ1n) is 6.01. The molecule has 0 spiro atoms. The van der Waals surface area contributed by atoms with Gasteiger partial charge in [0.05, 0.1) is 0 Å². The van der Waals surface area contributed by atoms with Crippen LogP contribution in [0.5, 0.6) is 0 Å². The standard InChI is InChI=1S/C15H18NO/c17-11-5-9-15-8-4-10-16(13-15)12-14-6-2-1-3-7-14/h1-4,6-8,10,13,17H,5,9,11-12H2/q+1. The molecule has 0 radical (unpaired) electrons. The SMILES string of the molecule is OCCCc1ccc[n+](Cc2ccccc2)c1. The predicted molar refractivity (Wildman–Crippen MR) is 67.6 cm³/mol. The second-order valence-electron chi connectivity index (χ2n) is 4.20. The molecule has 0 aliphatic rings. The smallest absolute Gasteiger partial charge is 0.173 e. The zero-order valence-electron chi connectivity index (χ0n) is 9.92. The van der Waals surface area contributed by atoms with Gasteiger partial charge in [0, 0.05) is 23.8 Å². The number of aryl methyl sites for hydroxylation is 1. The Bertz CT molecular complexity index is 453. The summed E-state index contributed by atoms with van der Waals surface area (Å²) in [6.07, 6.45) is 6.00. The topological polar surface area (TPSA) is 24.1 Å². The van der Waals surface area contributed by atoms with Gasteiger partial charge >= 0.3 is 0 Å². The molecule has 1 N–H and O–H groups in total. The molecule has 0 saturated heterocycles. The Morgan fingerprint density at radius 3 is 2.47 bits per heavy atom. The van der Waals surface area contributed by atoms with Crippen molar-refractivity contribution in [3.8, 4) is 0 Å². The lowest BCUT2D eigenvalue weighted by molar-refractivity contribution is -0.688. The lowest BCUT2D eigenvalue weighted by Gasteiger charge is -2.00. The Labute approximate surface area is 102 Å². The van der Waals surface area contributed by atoms with Crippen molar-refractivity contribution in [2.45, 2.75) is 19.4 Å². The number of rotatable bonds is 5. The van der Waals surface area contributed by atoms with Crippen molar-refractivity contribution in [1.82, 2.24) is 0 Å². The molecule has 1 heterocycles. The number of aromatic nitrogens is 1. The Balaban J connectivity index is 2.06. The van der Waals surface area contributed by atoms with E-state index in [0.717, 1.165) is 19.4 Å². The normalized spacial score (nSPS) is 10.4. The molecule has 0 saturated carbocycles. The van der Waals surface area contributed by atoms with Crippen molar-refractivity contribution in [3.63, 3.8) is 0 Å². The van der Waals surface area contributed by atoms with Crippen LogP contribution in [0.2, 0.25) is 0 Å². The highest BCUT2D eigenvalue weighted by Gasteiger charge is 2.03. The highest BCUT2D eigenvalue weighted by Crippen LogP contribution is 2.01. The van der Waals surface area contributed by atoms with E-state index in [1.807, 2.05) is 6.07 Å². The molecule has 2 rings (SSSR count). The minimum atomic E-state index is 0.258. The van der Waals surface area contributed by atoms with Crippen LogP contribution in [-0.4, -0.2) is 11.7 Å². The van der Waals surface area contributed by atoms with Crippen LogP contribution < -0.4 is 4.57 Å². The Morgan fingerprint density at radius 1 is 0.941 bits per heavy atom. The van der Waals surface area contributed by atoms with Crippen LogP contribution in [-0.2, 0) is 13.0 Å². The average molecular weight is 228 g/mol. The molecule has 1 aromatic heterocycles. The van der Waals surface area contributed by atoms with Gasteiger partial charge in [0.25, 0.3) is 0 Å². The van der Waals surface area contributed by atoms with Crippen LogP contribution in [0.1, 0.15) is 17.5 Å². The number of pyridine rings is 1. The molecule has 88 valence electrons. The van der Waals surface area contributed by atoms with E-state index in [1.54, 1.807) is 0 Å². The van der Waals surface area contributed by atoms with Gasteiger partial charge in [0.2, 0.25) is 0 Å². The van der Waals surface area contributed by atoms with Crippen molar-refractivity contribution in [3.05, 3.63) is 66.0 Å². The van der Waals surface area contributed by atoms with Gasteiger partial charge in [-0.3, -0.25) is 0 Å². The Morgan fingerprint density at radius 2 is 1.71 bits per heavy atom. The maximum atomic E-state index is 8.83. The van der Waals surface area contributed by atoms with Gasteiger partial charge in [0.1, 0.15) is 0 Å². The molecule has 1 aromatic carbocycles. The first-order chi connectivity index (χ1) is 8.38. The number of benzene rings is 1. The van der Waals surface area contributed by atoms with Crippen molar-refractivity contribution < 1.29 is 9.67 Å². The fourth-order valence-electron chi connectivity index (χ4n) is 1.90. The van der Waals surface area contributed by atoms with Gasteiger partial charge in [-0.25, -0.2) is 4.57 Å². The summed E-state index contributed by atoms with van der Waals surface area (Å²) < 4.78 is 2.18. The van der Waals surface area contributed by atoms with Crippen LogP contribution in [0.3, 0.4) is 0 Å². The molecule has 2 heteroatoms. The maximum Gasteiger partial charge on any atom is 0.173 e. The van der Waals surface area contributed by atoms with Gasteiger partial charge in [0.15, 0.2) is 18.9 Å². The minimum absolute atomic E-state index is 0.258. The third kappa shape index (κ3) is 3.68. The predicted octanol–water partition coefficient (Wildman–Crippen LogP) is 1.95. The van der Waals surface area contributed by atoms with E-state index in [0.29, 0.717) is 0 Å². The summed E-state index contributed by atoms with van der Waals surface area (Å²) >= 11 is 0. The molecule has 0 aliphatic carbocycles. The highest BCUT2D eigenvalue weighted by molar-refractivity contribution is 5.13. The first kappa shape index (κ1) is 11.8. The number of nitrogens with zero attached hydrogens (tertiary/aromatic N) is 1. The van der Waals surface area contributed by atoms with E-state index >= 15 is 0 Å². The van der Waals surface area contributed by atoms with Crippen molar-refractivity contribution in [2.75, 3.05) is 6.61 Å². The molecular formula is C15H18NO+. The molecule has 0 amide bonds. The van der Waals surface area contributed by atoms with Crippen LogP contribution in [0.4, 0.5) is 0 Å². The highest BCUT2D eigenvalue weighted by atomic mass is 16.2. The fourth-order valence-corrected chi connectivity index (χ4v) is 1.90. The summed E-state index contributed by atoms with van der Waals surface area (Å²) in [4.78, 5) is 0. The molecule has 2 nitrogen and oxygen atoms in total. The van der Waals surface area contributed by atoms with Gasteiger partial charge in [-0.1, -0.05) is 30.3 Å². The third-order valence-corrected chi connectivity index (χ3v) is 2.75. The molecular weight excluding hydrogens is 210 g/mol. The van der Waals surface area contributed by atoms with E-state index < -0.39 is 0 Å². The van der Waals surface area contributed by atoms with Crippen molar-refractivity contribution in [2.24, 2.45) is 0 Å². The third-order valence-electron chi connectivity index (χ3n) is 2.75. The average Bonchev–Trinajstić information content (AvgIpc) is 2.38. The van der Waals surface area contributed by atoms with E-state index in [4.69, 9.17) is 5.11 Å².